The van der Waals surface area contributed by atoms with Gasteiger partial charge in [0, 0.05) is 25.7 Å². The molecule has 0 N–H and O–H groups in total. The number of amides is 2. The maximum absolute atomic E-state index is 13.5. The van der Waals surface area contributed by atoms with Crippen molar-refractivity contribution in [2.45, 2.75) is 115 Å². The van der Waals surface area contributed by atoms with Crippen LogP contribution in [0.5, 0.6) is 0 Å². The summed E-state index contributed by atoms with van der Waals surface area (Å²) in [5.74, 6) is 0.787. The highest BCUT2D eigenvalue weighted by atomic mass is 16.2. The third-order valence-corrected chi connectivity index (χ3v) is 7.94. The zero-order chi connectivity index (χ0) is 19.2. The predicted octanol–water partition coefficient (Wildman–Crippen LogP) is 6.68. The van der Waals surface area contributed by atoms with E-state index < -0.39 is 0 Å². The molecule has 2 saturated heterocycles. The number of rotatable bonds is 0. The fourth-order valence-corrected chi connectivity index (χ4v) is 6.32. The standard InChI is InChI=1S/C25H42N2O/c28-25(26-16-11-7-2-1-3-8-12-17-26)27-18-15-22-20-23(27)19-21-13-9-5-4-6-10-14-24(21)22/h22-23H,1-20H2. The zero-order valence-electron chi connectivity index (χ0n) is 18.1. The van der Waals surface area contributed by atoms with Gasteiger partial charge in [0.05, 0.1) is 0 Å². The number of carbonyl (C=O) groups is 1. The Morgan fingerprint density at radius 3 is 2.04 bits per heavy atom. The molecule has 0 aromatic carbocycles. The summed E-state index contributed by atoms with van der Waals surface area (Å²) >= 11 is 0. The van der Waals surface area contributed by atoms with Gasteiger partial charge >= 0.3 is 6.03 Å². The summed E-state index contributed by atoms with van der Waals surface area (Å²) in [7, 11) is 0. The monoisotopic (exact) mass is 386 g/mol. The predicted molar refractivity (Wildman–Crippen MR) is 116 cm³/mol. The highest BCUT2D eigenvalue weighted by Gasteiger charge is 2.39. The molecule has 28 heavy (non-hydrogen) atoms. The average molecular weight is 387 g/mol. The van der Waals surface area contributed by atoms with Crippen LogP contribution in [-0.2, 0) is 0 Å². The molecule has 3 nitrogen and oxygen atoms in total. The van der Waals surface area contributed by atoms with Crippen molar-refractivity contribution >= 4 is 6.03 Å². The number of urea groups is 1. The Hall–Kier alpha value is -0.990. The number of carbonyl (C=O) groups excluding carboxylic acids is 1. The second kappa shape index (κ2) is 10.2. The minimum atomic E-state index is 0.371. The summed E-state index contributed by atoms with van der Waals surface area (Å²) in [6, 6.07) is 0.859. The quantitative estimate of drug-likeness (QED) is 0.426. The molecule has 0 radical (unpaired) electrons. The molecule has 0 saturated carbocycles. The molecule has 4 aliphatic rings. The lowest BCUT2D eigenvalue weighted by Gasteiger charge is -2.46. The van der Waals surface area contributed by atoms with Crippen molar-refractivity contribution in [1.29, 1.82) is 0 Å². The van der Waals surface area contributed by atoms with E-state index in [1.54, 1.807) is 5.57 Å². The first kappa shape index (κ1) is 20.3. The molecule has 2 fully saturated rings. The van der Waals surface area contributed by atoms with E-state index in [1.807, 2.05) is 5.57 Å². The third-order valence-electron chi connectivity index (χ3n) is 7.94. The summed E-state index contributed by atoms with van der Waals surface area (Å²) in [5.41, 5.74) is 3.60. The third kappa shape index (κ3) is 4.94. The summed E-state index contributed by atoms with van der Waals surface area (Å²) in [5, 5.41) is 0. The van der Waals surface area contributed by atoms with Crippen LogP contribution in [0.15, 0.2) is 11.1 Å². The number of allylic oxidation sites excluding steroid dienone is 1. The average Bonchev–Trinajstić information content (AvgIpc) is 2.84. The van der Waals surface area contributed by atoms with Crippen molar-refractivity contribution in [2.75, 3.05) is 19.6 Å². The molecule has 2 bridgehead atoms. The Morgan fingerprint density at radius 1 is 0.714 bits per heavy atom. The van der Waals surface area contributed by atoms with E-state index in [0.29, 0.717) is 12.1 Å². The molecule has 2 aliphatic heterocycles. The zero-order valence-corrected chi connectivity index (χ0v) is 18.1. The Kier molecular flexibility index (Phi) is 7.36. The van der Waals surface area contributed by atoms with Crippen molar-refractivity contribution in [3.63, 3.8) is 0 Å². The van der Waals surface area contributed by atoms with Gasteiger partial charge in [-0.1, -0.05) is 62.5 Å². The van der Waals surface area contributed by atoms with Gasteiger partial charge in [0.2, 0.25) is 0 Å². The van der Waals surface area contributed by atoms with Gasteiger partial charge in [-0.3, -0.25) is 0 Å². The van der Waals surface area contributed by atoms with Crippen molar-refractivity contribution in [1.82, 2.24) is 9.80 Å². The number of fused-ring (bicyclic) bond motifs is 3. The van der Waals surface area contributed by atoms with E-state index in [4.69, 9.17) is 0 Å². The molecule has 0 aromatic rings. The fraction of sp³-hybridized carbons (Fsp3) is 0.880. The molecular formula is C25H42N2O. The molecule has 0 aromatic heterocycles. The van der Waals surface area contributed by atoms with Gasteiger partial charge in [-0.2, -0.15) is 0 Å². The van der Waals surface area contributed by atoms with Crippen molar-refractivity contribution in [2.24, 2.45) is 5.92 Å². The molecule has 3 heteroatoms. The Labute approximate surface area is 172 Å². The number of piperidine rings is 1. The van der Waals surface area contributed by atoms with Crippen molar-refractivity contribution in [3.8, 4) is 0 Å². The van der Waals surface area contributed by atoms with Crippen LogP contribution < -0.4 is 0 Å². The van der Waals surface area contributed by atoms with Gasteiger partial charge in [0.15, 0.2) is 0 Å². The lowest BCUT2D eigenvalue weighted by Crippen LogP contribution is -2.53. The van der Waals surface area contributed by atoms with Crippen LogP contribution in [0.3, 0.4) is 0 Å². The molecule has 2 heterocycles. The molecule has 2 unspecified atom stereocenters. The van der Waals surface area contributed by atoms with Crippen LogP contribution in [0.1, 0.15) is 109 Å². The fourth-order valence-electron chi connectivity index (χ4n) is 6.32. The second-order valence-corrected chi connectivity index (χ2v) is 9.91. The lowest BCUT2D eigenvalue weighted by atomic mass is 9.73. The van der Waals surface area contributed by atoms with Gasteiger partial charge in [0.1, 0.15) is 0 Å². The van der Waals surface area contributed by atoms with Crippen LogP contribution >= 0.6 is 0 Å². The first-order chi connectivity index (χ1) is 13.8. The van der Waals surface area contributed by atoms with E-state index in [2.05, 4.69) is 9.80 Å². The molecule has 0 spiro atoms. The topological polar surface area (TPSA) is 23.6 Å². The molecule has 2 aliphatic carbocycles. The van der Waals surface area contributed by atoms with Crippen LogP contribution in [-0.4, -0.2) is 41.5 Å². The largest absolute Gasteiger partial charge is 0.325 e. The van der Waals surface area contributed by atoms with E-state index in [-0.39, 0.29) is 0 Å². The summed E-state index contributed by atoms with van der Waals surface area (Å²) in [6.45, 7) is 2.97. The Bertz CT molecular complexity index is 545. The Balaban J connectivity index is 1.42. The van der Waals surface area contributed by atoms with Crippen LogP contribution in [0, 0.1) is 5.92 Å². The minimum absolute atomic E-state index is 0.371. The number of nitrogens with zero attached hydrogens (tertiary/aromatic N) is 2. The second-order valence-electron chi connectivity index (χ2n) is 9.91. The molecular weight excluding hydrogens is 344 g/mol. The number of likely N-dealkylation sites (tertiary alicyclic amines) is 1. The smallest absolute Gasteiger partial charge is 0.320 e. The van der Waals surface area contributed by atoms with Crippen LogP contribution in [0.2, 0.25) is 0 Å². The number of hydrogen-bond donors (Lipinski definition) is 0. The van der Waals surface area contributed by atoms with E-state index in [1.165, 1.54) is 109 Å². The van der Waals surface area contributed by atoms with E-state index in [0.717, 1.165) is 25.6 Å². The normalized spacial score (nSPS) is 30.7. The molecule has 4 rings (SSSR count). The van der Waals surface area contributed by atoms with Gasteiger partial charge in [0.25, 0.3) is 0 Å². The maximum atomic E-state index is 13.5. The Morgan fingerprint density at radius 2 is 1.32 bits per heavy atom. The first-order valence-corrected chi connectivity index (χ1v) is 12.6. The summed E-state index contributed by atoms with van der Waals surface area (Å²) in [6.07, 6.45) is 22.4. The minimum Gasteiger partial charge on any atom is -0.325 e. The van der Waals surface area contributed by atoms with Gasteiger partial charge in [-0.25, -0.2) is 4.79 Å². The lowest BCUT2D eigenvalue weighted by molar-refractivity contribution is 0.0950. The summed E-state index contributed by atoms with van der Waals surface area (Å²) < 4.78 is 0. The van der Waals surface area contributed by atoms with E-state index >= 15 is 0 Å². The highest BCUT2D eigenvalue weighted by molar-refractivity contribution is 5.75. The van der Waals surface area contributed by atoms with Crippen molar-refractivity contribution < 1.29 is 4.79 Å². The van der Waals surface area contributed by atoms with Crippen molar-refractivity contribution in [3.05, 3.63) is 11.1 Å². The highest BCUT2D eigenvalue weighted by Crippen LogP contribution is 2.43. The van der Waals surface area contributed by atoms with Gasteiger partial charge in [-0.15, -0.1) is 0 Å². The van der Waals surface area contributed by atoms with Crippen LogP contribution in [0.4, 0.5) is 4.79 Å². The van der Waals surface area contributed by atoms with Gasteiger partial charge in [-0.05, 0) is 63.7 Å². The van der Waals surface area contributed by atoms with Gasteiger partial charge < -0.3 is 9.80 Å². The first-order valence-electron chi connectivity index (χ1n) is 12.6. The molecule has 2 amide bonds. The molecule has 2 atom stereocenters. The van der Waals surface area contributed by atoms with Crippen LogP contribution in [0.25, 0.3) is 0 Å². The number of hydrogen-bond acceptors (Lipinski definition) is 1. The summed E-state index contributed by atoms with van der Waals surface area (Å²) in [4.78, 5) is 18.0. The SMILES string of the molecule is O=C(N1CCCCCCCCC1)N1CCC2CC1CC1=C2CCCCCCC1. The maximum Gasteiger partial charge on any atom is 0.320 e. The van der Waals surface area contributed by atoms with E-state index in [9.17, 15) is 4.79 Å². The molecule has 158 valence electrons.